The molecule has 0 bridgehead atoms. The summed E-state index contributed by atoms with van der Waals surface area (Å²) in [6.07, 6.45) is 1.15. The van der Waals surface area contributed by atoms with E-state index in [1.165, 1.54) is 16.7 Å². The van der Waals surface area contributed by atoms with Gasteiger partial charge in [0.15, 0.2) is 0 Å². The van der Waals surface area contributed by atoms with E-state index < -0.39 is 0 Å². The average molecular weight is 219 g/mol. The van der Waals surface area contributed by atoms with Crippen molar-refractivity contribution in [1.29, 1.82) is 0 Å². The summed E-state index contributed by atoms with van der Waals surface area (Å²) < 4.78 is 0. The van der Waals surface area contributed by atoms with Crippen LogP contribution in [0.3, 0.4) is 0 Å². The lowest BCUT2D eigenvalue weighted by Gasteiger charge is -2.30. The van der Waals surface area contributed by atoms with Gasteiger partial charge < -0.3 is 5.73 Å². The Balaban J connectivity index is 3.01. The number of aryl methyl sites for hydroxylation is 2. The summed E-state index contributed by atoms with van der Waals surface area (Å²) in [5.41, 5.74) is 10.1. The summed E-state index contributed by atoms with van der Waals surface area (Å²) in [5.74, 6) is 0.579. The Labute approximate surface area is 100 Å². The van der Waals surface area contributed by atoms with Crippen LogP contribution >= 0.6 is 0 Å². The van der Waals surface area contributed by atoms with Gasteiger partial charge in [0.05, 0.1) is 0 Å². The minimum atomic E-state index is 0.217. The fourth-order valence-corrected chi connectivity index (χ4v) is 2.53. The van der Waals surface area contributed by atoms with Crippen molar-refractivity contribution in [3.63, 3.8) is 0 Å². The molecular formula is C15H25N. The zero-order valence-corrected chi connectivity index (χ0v) is 11.3. The van der Waals surface area contributed by atoms with Crippen molar-refractivity contribution in [2.75, 3.05) is 6.54 Å². The highest BCUT2D eigenvalue weighted by Gasteiger charge is 2.24. The molecule has 1 rings (SSSR count). The summed E-state index contributed by atoms with van der Waals surface area (Å²) in [6, 6.07) is 6.72. The van der Waals surface area contributed by atoms with E-state index in [-0.39, 0.29) is 5.41 Å². The fraction of sp³-hybridized carbons (Fsp3) is 0.600. The van der Waals surface area contributed by atoms with Crippen molar-refractivity contribution in [2.24, 2.45) is 11.7 Å². The largest absolute Gasteiger partial charge is 0.330 e. The molecule has 1 aromatic carbocycles. The first-order valence-electron chi connectivity index (χ1n) is 6.14. The molecule has 0 aliphatic carbocycles. The third kappa shape index (κ3) is 3.08. The molecule has 0 saturated heterocycles. The standard InChI is InChI=1S/C15H25N/c1-11-6-7-13(3)14(8-11)15(4,5)9-12(2)10-16/h6-8,12H,9-10,16H2,1-5H3. The Morgan fingerprint density at radius 3 is 2.44 bits per heavy atom. The molecule has 1 heteroatoms. The van der Waals surface area contributed by atoms with E-state index in [0.717, 1.165) is 13.0 Å². The van der Waals surface area contributed by atoms with E-state index in [4.69, 9.17) is 5.73 Å². The van der Waals surface area contributed by atoms with Crippen molar-refractivity contribution in [3.05, 3.63) is 34.9 Å². The van der Waals surface area contributed by atoms with Crippen LogP contribution in [0.2, 0.25) is 0 Å². The second kappa shape index (κ2) is 5.01. The zero-order valence-electron chi connectivity index (χ0n) is 11.3. The predicted molar refractivity (Wildman–Crippen MR) is 71.8 cm³/mol. The molecule has 90 valence electrons. The van der Waals surface area contributed by atoms with Gasteiger partial charge in [-0.05, 0) is 49.3 Å². The Bertz CT molecular complexity index is 352. The molecule has 16 heavy (non-hydrogen) atoms. The molecule has 1 nitrogen and oxygen atoms in total. The van der Waals surface area contributed by atoms with Gasteiger partial charge in [0.2, 0.25) is 0 Å². The molecule has 0 heterocycles. The van der Waals surface area contributed by atoms with Crippen LogP contribution in [0.5, 0.6) is 0 Å². The summed E-state index contributed by atoms with van der Waals surface area (Å²) in [5, 5.41) is 0. The van der Waals surface area contributed by atoms with E-state index in [1.54, 1.807) is 0 Å². The molecule has 1 unspecified atom stereocenters. The van der Waals surface area contributed by atoms with Gasteiger partial charge in [-0.1, -0.05) is 44.5 Å². The van der Waals surface area contributed by atoms with Crippen LogP contribution in [0.15, 0.2) is 18.2 Å². The summed E-state index contributed by atoms with van der Waals surface area (Å²) in [4.78, 5) is 0. The molecule has 0 radical (unpaired) electrons. The van der Waals surface area contributed by atoms with Gasteiger partial charge in [-0.3, -0.25) is 0 Å². The quantitative estimate of drug-likeness (QED) is 0.823. The van der Waals surface area contributed by atoms with E-state index in [0.29, 0.717) is 5.92 Å². The highest BCUT2D eigenvalue weighted by atomic mass is 14.5. The minimum absolute atomic E-state index is 0.217. The number of hydrogen-bond acceptors (Lipinski definition) is 1. The number of hydrogen-bond donors (Lipinski definition) is 1. The summed E-state index contributed by atoms with van der Waals surface area (Å²) in [7, 11) is 0. The van der Waals surface area contributed by atoms with E-state index in [1.807, 2.05) is 0 Å². The van der Waals surface area contributed by atoms with Gasteiger partial charge in [-0.2, -0.15) is 0 Å². The van der Waals surface area contributed by atoms with Crippen molar-refractivity contribution in [1.82, 2.24) is 0 Å². The number of rotatable bonds is 4. The smallest absolute Gasteiger partial charge is 0.00512 e. The normalized spacial score (nSPS) is 13.9. The van der Waals surface area contributed by atoms with Crippen LogP contribution in [0.1, 0.15) is 43.9 Å². The fourth-order valence-electron chi connectivity index (χ4n) is 2.53. The Hall–Kier alpha value is -0.820. The molecule has 0 fully saturated rings. The summed E-state index contributed by atoms with van der Waals surface area (Å²) >= 11 is 0. The second-order valence-electron chi connectivity index (χ2n) is 5.75. The van der Waals surface area contributed by atoms with Crippen LogP contribution in [0.4, 0.5) is 0 Å². The van der Waals surface area contributed by atoms with Gasteiger partial charge in [-0.25, -0.2) is 0 Å². The predicted octanol–water partition coefficient (Wildman–Crippen LogP) is 3.57. The lowest BCUT2D eigenvalue weighted by Crippen LogP contribution is -2.25. The molecular weight excluding hydrogens is 194 g/mol. The van der Waals surface area contributed by atoms with E-state index >= 15 is 0 Å². The van der Waals surface area contributed by atoms with Crippen molar-refractivity contribution < 1.29 is 0 Å². The Kier molecular flexibility index (Phi) is 4.15. The molecule has 1 aromatic rings. The molecule has 0 amide bonds. The Morgan fingerprint density at radius 1 is 1.25 bits per heavy atom. The van der Waals surface area contributed by atoms with Crippen LogP contribution in [0, 0.1) is 19.8 Å². The maximum Gasteiger partial charge on any atom is -0.00512 e. The van der Waals surface area contributed by atoms with Gasteiger partial charge in [0.25, 0.3) is 0 Å². The van der Waals surface area contributed by atoms with E-state index in [9.17, 15) is 0 Å². The first-order chi connectivity index (χ1) is 7.36. The molecule has 1 atom stereocenters. The third-order valence-electron chi connectivity index (χ3n) is 3.38. The molecule has 0 aliphatic heterocycles. The first kappa shape index (κ1) is 13.2. The molecule has 0 aromatic heterocycles. The van der Waals surface area contributed by atoms with Crippen LogP contribution < -0.4 is 5.73 Å². The Morgan fingerprint density at radius 2 is 1.88 bits per heavy atom. The second-order valence-corrected chi connectivity index (χ2v) is 5.75. The zero-order chi connectivity index (χ0) is 12.3. The van der Waals surface area contributed by atoms with Crippen molar-refractivity contribution >= 4 is 0 Å². The maximum absolute atomic E-state index is 5.73. The van der Waals surface area contributed by atoms with Gasteiger partial charge in [0.1, 0.15) is 0 Å². The lowest BCUT2D eigenvalue weighted by atomic mass is 9.75. The number of nitrogens with two attached hydrogens (primary N) is 1. The monoisotopic (exact) mass is 219 g/mol. The molecule has 0 aliphatic rings. The minimum Gasteiger partial charge on any atom is -0.330 e. The SMILES string of the molecule is Cc1ccc(C)c(C(C)(C)CC(C)CN)c1. The molecule has 0 spiro atoms. The average Bonchev–Trinajstić information content (AvgIpc) is 2.20. The van der Waals surface area contributed by atoms with Gasteiger partial charge in [0, 0.05) is 0 Å². The van der Waals surface area contributed by atoms with Crippen LogP contribution in [-0.2, 0) is 5.41 Å². The van der Waals surface area contributed by atoms with E-state index in [2.05, 4.69) is 52.8 Å². The van der Waals surface area contributed by atoms with Crippen LogP contribution in [-0.4, -0.2) is 6.54 Å². The van der Waals surface area contributed by atoms with Crippen LogP contribution in [0.25, 0.3) is 0 Å². The maximum atomic E-state index is 5.73. The topological polar surface area (TPSA) is 26.0 Å². The van der Waals surface area contributed by atoms with Gasteiger partial charge >= 0.3 is 0 Å². The first-order valence-corrected chi connectivity index (χ1v) is 6.14. The van der Waals surface area contributed by atoms with Crippen molar-refractivity contribution in [3.8, 4) is 0 Å². The highest BCUT2D eigenvalue weighted by molar-refractivity contribution is 5.35. The van der Waals surface area contributed by atoms with Crippen molar-refractivity contribution in [2.45, 2.75) is 46.5 Å². The molecule has 2 N–H and O–H groups in total. The third-order valence-corrected chi connectivity index (χ3v) is 3.38. The number of benzene rings is 1. The lowest BCUT2D eigenvalue weighted by molar-refractivity contribution is 0.384. The highest BCUT2D eigenvalue weighted by Crippen LogP contribution is 2.32. The summed E-state index contributed by atoms with van der Waals surface area (Å²) in [6.45, 7) is 12.0. The van der Waals surface area contributed by atoms with Gasteiger partial charge in [-0.15, -0.1) is 0 Å². The molecule has 0 saturated carbocycles.